The summed E-state index contributed by atoms with van der Waals surface area (Å²) in [5, 5.41) is 9.32. The van der Waals surface area contributed by atoms with Crippen LogP contribution in [-0.2, 0) is 27.4 Å². The van der Waals surface area contributed by atoms with Crippen molar-refractivity contribution in [3.8, 4) is 6.07 Å². The van der Waals surface area contributed by atoms with Crippen LogP contribution >= 0.6 is 0 Å². The van der Waals surface area contributed by atoms with Gasteiger partial charge < -0.3 is 0 Å². The average Bonchev–Trinajstić information content (AvgIpc) is 2.91. The lowest BCUT2D eigenvalue weighted by Gasteiger charge is -2.38. The van der Waals surface area contributed by atoms with Crippen molar-refractivity contribution in [2.24, 2.45) is 5.92 Å². The van der Waals surface area contributed by atoms with Crippen molar-refractivity contribution in [1.29, 1.82) is 5.26 Å². The first-order valence-corrected chi connectivity index (χ1v) is 15.7. The van der Waals surface area contributed by atoms with Crippen LogP contribution < -0.4 is 0 Å². The van der Waals surface area contributed by atoms with E-state index in [1.807, 2.05) is 42.5 Å². The monoisotopic (exact) mass is 525 g/mol. The number of nitriles is 1. The lowest BCUT2D eigenvalue weighted by atomic mass is 9.97. The summed E-state index contributed by atoms with van der Waals surface area (Å²) in [7, 11) is -3.93. The third kappa shape index (κ3) is 9.89. The molecular weight excluding hydrogens is 480 g/mol. The molecule has 0 unspecified atom stereocenters. The number of hydrogen-bond donors (Lipinski definition) is 0. The summed E-state index contributed by atoms with van der Waals surface area (Å²) in [5.41, 5.74) is 2.20. The number of unbranched alkanes of at least 4 members (excludes halogenated alkanes) is 9. The van der Waals surface area contributed by atoms with Crippen LogP contribution in [0.5, 0.6) is 0 Å². The molecule has 1 fully saturated rings. The summed E-state index contributed by atoms with van der Waals surface area (Å²) in [6, 6.07) is 19.4. The van der Waals surface area contributed by atoms with Crippen molar-refractivity contribution < 1.29 is 17.3 Å². The van der Waals surface area contributed by atoms with Gasteiger partial charge in [-0.1, -0.05) is 111 Å². The third-order valence-corrected chi connectivity index (χ3v) is 8.92. The number of benzene rings is 2. The van der Waals surface area contributed by atoms with Gasteiger partial charge >= 0.3 is 10.1 Å². The Labute approximate surface area is 225 Å². The fourth-order valence-electron chi connectivity index (χ4n) is 5.23. The molecular formula is C31H45N2O3S+. The highest BCUT2D eigenvalue weighted by atomic mass is 32.2. The number of nitrogens with zero attached hydrogens (tertiary/aromatic N) is 2. The fraction of sp³-hybridized carbons (Fsp3) is 0.581. The van der Waals surface area contributed by atoms with E-state index in [9.17, 15) is 13.7 Å². The summed E-state index contributed by atoms with van der Waals surface area (Å²) >= 11 is 0. The van der Waals surface area contributed by atoms with E-state index in [1.165, 1.54) is 63.4 Å². The van der Waals surface area contributed by atoms with Gasteiger partial charge in [0.1, 0.15) is 19.6 Å². The first kappa shape index (κ1) is 29.4. The maximum Gasteiger partial charge on any atom is 0.342 e. The van der Waals surface area contributed by atoms with Crippen molar-refractivity contribution in [2.45, 2.75) is 102 Å². The lowest BCUT2D eigenvalue weighted by Crippen LogP contribution is -2.53. The molecule has 0 spiro atoms. The van der Waals surface area contributed by atoms with Crippen LogP contribution in [0.3, 0.4) is 0 Å². The molecule has 1 aliphatic rings. The van der Waals surface area contributed by atoms with E-state index in [4.69, 9.17) is 4.28 Å². The van der Waals surface area contributed by atoms with Gasteiger partial charge in [0.2, 0.25) is 0 Å². The number of quaternary nitrogens is 1. The zero-order valence-corrected chi connectivity index (χ0v) is 23.4. The molecule has 3 rings (SSSR count). The number of likely N-dealkylation sites (tertiary alicyclic amines) is 1. The van der Waals surface area contributed by atoms with Gasteiger partial charge in [-0.05, 0) is 30.5 Å². The molecule has 37 heavy (non-hydrogen) atoms. The Bertz CT molecular complexity index is 1050. The van der Waals surface area contributed by atoms with Crippen molar-refractivity contribution >= 4 is 10.1 Å². The highest BCUT2D eigenvalue weighted by Crippen LogP contribution is 2.30. The topological polar surface area (TPSA) is 67.2 Å². The van der Waals surface area contributed by atoms with E-state index in [1.54, 1.807) is 12.1 Å². The van der Waals surface area contributed by atoms with E-state index >= 15 is 0 Å². The fourth-order valence-corrected chi connectivity index (χ4v) is 6.41. The Morgan fingerprint density at radius 3 is 1.95 bits per heavy atom. The van der Waals surface area contributed by atoms with Gasteiger partial charge in [-0.25, -0.2) is 0 Å². The Morgan fingerprint density at radius 1 is 0.811 bits per heavy atom. The van der Waals surface area contributed by atoms with Gasteiger partial charge in [0.25, 0.3) is 0 Å². The van der Waals surface area contributed by atoms with Gasteiger partial charge in [0, 0.05) is 18.4 Å². The van der Waals surface area contributed by atoms with Crippen LogP contribution in [0.1, 0.15) is 95.1 Å². The van der Waals surface area contributed by atoms with Gasteiger partial charge in [0.05, 0.1) is 16.9 Å². The summed E-state index contributed by atoms with van der Waals surface area (Å²) in [6.45, 7) is 3.73. The van der Waals surface area contributed by atoms with Crippen molar-refractivity contribution in [2.75, 3.05) is 13.1 Å². The molecule has 0 saturated carbocycles. The molecule has 202 valence electrons. The number of aryl methyl sites for hydroxylation is 1. The summed E-state index contributed by atoms with van der Waals surface area (Å²) in [5.74, 6) is -0.0431. The Hall–Kier alpha value is -2.20. The average molecular weight is 526 g/mol. The second kappa shape index (κ2) is 15.3. The molecule has 1 aliphatic heterocycles. The van der Waals surface area contributed by atoms with Gasteiger partial charge in [-0.2, -0.15) is 18.3 Å². The molecule has 0 bridgehead atoms. The molecule has 0 N–H and O–H groups in total. The van der Waals surface area contributed by atoms with E-state index in [0.29, 0.717) is 32.5 Å². The maximum absolute atomic E-state index is 13.3. The molecule has 6 heteroatoms. The summed E-state index contributed by atoms with van der Waals surface area (Å²) < 4.78 is 32.6. The van der Waals surface area contributed by atoms with Crippen LogP contribution in [0.25, 0.3) is 0 Å². The largest absolute Gasteiger partial charge is 0.342 e. The molecule has 5 nitrogen and oxygen atoms in total. The Kier molecular flexibility index (Phi) is 12.1. The lowest BCUT2D eigenvalue weighted by molar-refractivity contribution is -1.09. The van der Waals surface area contributed by atoms with E-state index in [-0.39, 0.29) is 15.5 Å². The second-order valence-corrected chi connectivity index (χ2v) is 12.2. The first-order valence-electron chi connectivity index (χ1n) is 14.3. The zero-order valence-electron chi connectivity index (χ0n) is 22.6. The third-order valence-electron chi connectivity index (χ3n) is 7.55. The van der Waals surface area contributed by atoms with E-state index < -0.39 is 10.1 Å². The normalized spacial score (nSPS) is 19.9. The zero-order chi connectivity index (χ0) is 26.4. The minimum atomic E-state index is -3.93. The molecule has 0 aromatic heterocycles. The predicted molar refractivity (Wildman–Crippen MR) is 149 cm³/mol. The number of piperidine rings is 1. The van der Waals surface area contributed by atoms with Crippen LogP contribution in [0.15, 0.2) is 59.5 Å². The highest BCUT2D eigenvalue weighted by Gasteiger charge is 2.41. The number of hydrogen-bond acceptors (Lipinski definition) is 4. The van der Waals surface area contributed by atoms with Crippen molar-refractivity contribution in [3.63, 3.8) is 0 Å². The summed E-state index contributed by atoms with van der Waals surface area (Å²) in [4.78, 5) is 0.201. The SMILES string of the molecule is CCCCCCCCCCCCc1ccc(S(=O)(=O)O[N+]2(Cc3ccccc3)CCC(C#N)CC2)cc1. The quantitative estimate of drug-likeness (QED) is 0.166. The van der Waals surface area contributed by atoms with Crippen molar-refractivity contribution in [1.82, 2.24) is 0 Å². The minimum Gasteiger partial charge on any atom is -0.198 e. The van der Waals surface area contributed by atoms with Crippen LogP contribution in [-0.4, -0.2) is 26.2 Å². The molecule has 2 aromatic carbocycles. The summed E-state index contributed by atoms with van der Waals surface area (Å²) in [6.07, 6.45) is 15.3. The molecule has 1 heterocycles. The van der Waals surface area contributed by atoms with Gasteiger partial charge in [0.15, 0.2) is 0 Å². The molecule has 0 amide bonds. The maximum atomic E-state index is 13.3. The number of hydroxylamine groups is 3. The molecule has 2 aromatic rings. The van der Waals surface area contributed by atoms with Crippen molar-refractivity contribution in [3.05, 3.63) is 65.7 Å². The van der Waals surface area contributed by atoms with E-state index in [2.05, 4.69) is 13.0 Å². The van der Waals surface area contributed by atoms with Crippen LogP contribution in [0, 0.1) is 17.2 Å². The predicted octanol–water partition coefficient (Wildman–Crippen LogP) is 7.72. The molecule has 1 saturated heterocycles. The molecule has 0 aliphatic carbocycles. The Morgan fingerprint density at radius 2 is 1.38 bits per heavy atom. The van der Waals surface area contributed by atoms with Gasteiger partial charge in [-0.15, -0.1) is 0 Å². The molecule has 0 atom stereocenters. The van der Waals surface area contributed by atoms with Crippen LogP contribution in [0.4, 0.5) is 0 Å². The van der Waals surface area contributed by atoms with Gasteiger partial charge in [-0.3, -0.25) is 0 Å². The standard InChI is InChI=1S/C31H45N2O3S/c1-2-3-4-5-6-7-8-9-10-12-15-28-18-20-31(21-19-28)37(34,35)36-33(24-22-29(26-32)23-25-33)27-30-16-13-11-14-17-30/h11,13-14,16-21,29H,2-10,12,15,22-25,27H2,1H3/q+1. The Balaban J connectivity index is 1.50. The highest BCUT2D eigenvalue weighted by molar-refractivity contribution is 7.86. The second-order valence-electron chi connectivity index (χ2n) is 10.7. The number of rotatable bonds is 16. The van der Waals surface area contributed by atoms with E-state index in [0.717, 1.165) is 18.4 Å². The minimum absolute atomic E-state index is 0.00484. The molecule has 0 radical (unpaired) electrons. The smallest absolute Gasteiger partial charge is 0.198 e. The van der Waals surface area contributed by atoms with Crippen LogP contribution in [0.2, 0.25) is 0 Å². The first-order chi connectivity index (χ1) is 18.0.